The number of piperidine rings is 1. The van der Waals surface area contributed by atoms with Crippen molar-refractivity contribution in [2.75, 3.05) is 13.1 Å². The number of nitrogens with zero attached hydrogens (tertiary/aromatic N) is 3. The standard InChI is InChI=1S/C19H24N4O/c1-14-17-13-22(10-9-18(17)21-20-14)16-7-8-19(24)23(12-16)11-15-5-3-2-4-6-15/h2-6,16H,7-13H2,1H3,(H,20,21)/t16-/m1/s1. The lowest BCUT2D eigenvalue weighted by molar-refractivity contribution is -0.136. The first-order valence-electron chi connectivity index (χ1n) is 8.79. The smallest absolute Gasteiger partial charge is 0.222 e. The predicted octanol–water partition coefficient (Wildman–Crippen LogP) is 2.27. The van der Waals surface area contributed by atoms with Crippen molar-refractivity contribution in [2.45, 2.75) is 45.3 Å². The van der Waals surface area contributed by atoms with E-state index in [4.69, 9.17) is 0 Å². The first-order chi connectivity index (χ1) is 11.7. The zero-order chi connectivity index (χ0) is 16.5. The molecule has 1 amide bonds. The highest BCUT2D eigenvalue weighted by Crippen LogP contribution is 2.26. The molecule has 2 aliphatic rings. The number of hydrogen-bond donors (Lipinski definition) is 1. The lowest BCUT2D eigenvalue weighted by Crippen LogP contribution is -2.51. The number of likely N-dealkylation sites (tertiary alicyclic amines) is 1. The normalized spacial score (nSPS) is 21.8. The van der Waals surface area contributed by atoms with Gasteiger partial charge in [0.1, 0.15) is 0 Å². The molecule has 1 fully saturated rings. The van der Waals surface area contributed by atoms with Gasteiger partial charge < -0.3 is 4.90 Å². The molecule has 2 aromatic rings. The van der Waals surface area contributed by atoms with Crippen LogP contribution in [0.1, 0.15) is 35.4 Å². The van der Waals surface area contributed by atoms with Crippen molar-refractivity contribution < 1.29 is 4.79 Å². The Morgan fingerprint density at radius 1 is 1.25 bits per heavy atom. The van der Waals surface area contributed by atoms with Crippen LogP contribution in [0.4, 0.5) is 0 Å². The van der Waals surface area contributed by atoms with E-state index in [-0.39, 0.29) is 5.91 Å². The maximum atomic E-state index is 12.3. The number of fused-ring (bicyclic) bond motifs is 1. The molecule has 1 aromatic carbocycles. The lowest BCUT2D eigenvalue weighted by Gasteiger charge is -2.40. The van der Waals surface area contributed by atoms with Gasteiger partial charge >= 0.3 is 0 Å². The molecule has 5 nitrogen and oxygen atoms in total. The number of carbonyl (C=O) groups excluding carboxylic acids is 1. The Hall–Kier alpha value is -2.14. The van der Waals surface area contributed by atoms with Crippen molar-refractivity contribution in [1.29, 1.82) is 0 Å². The van der Waals surface area contributed by atoms with Crippen LogP contribution in [0.5, 0.6) is 0 Å². The molecule has 1 saturated heterocycles. The first-order valence-corrected chi connectivity index (χ1v) is 8.79. The van der Waals surface area contributed by atoms with Crippen LogP contribution in [0.3, 0.4) is 0 Å². The van der Waals surface area contributed by atoms with Crippen molar-refractivity contribution in [1.82, 2.24) is 20.0 Å². The molecule has 0 spiro atoms. The summed E-state index contributed by atoms with van der Waals surface area (Å²) in [5.74, 6) is 0.285. The molecule has 0 aliphatic carbocycles. The number of aromatic amines is 1. The van der Waals surface area contributed by atoms with Crippen LogP contribution in [0.25, 0.3) is 0 Å². The number of amides is 1. The van der Waals surface area contributed by atoms with E-state index in [0.717, 1.165) is 39.0 Å². The molecule has 0 radical (unpaired) electrons. The topological polar surface area (TPSA) is 52.2 Å². The highest BCUT2D eigenvalue weighted by Gasteiger charge is 2.32. The van der Waals surface area contributed by atoms with E-state index in [1.807, 2.05) is 23.1 Å². The Bertz CT molecular complexity index is 724. The summed E-state index contributed by atoms with van der Waals surface area (Å²) in [6.07, 6.45) is 2.63. The fraction of sp³-hybridized carbons (Fsp3) is 0.474. The Morgan fingerprint density at radius 2 is 2.08 bits per heavy atom. The molecule has 24 heavy (non-hydrogen) atoms. The van der Waals surface area contributed by atoms with Gasteiger partial charge in [0, 0.05) is 56.3 Å². The van der Waals surface area contributed by atoms with E-state index >= 15 is 0 Å². The highest BCUT2D eigenvalue weighted by molar-refractivity contribution is 5.77. The summed E-state index contributed by atoms with van der Waals surface area (Å²) in [6.45, 7) is 5.65. The van der Waals surface area contributed by atoms with Crippen LogP contribution in [-0.2, 0) is 24.3 Å². The van der Waals surface area contributed by atoms with Crippen LogP contribution >= 0.6 is 0 Å². The molecule has 3 heterocycles. The molecule has 0 unspecified atom stereocenters. The predicted molar refractivity (Wildman–Crippen MR) is 92.3 cm³/mol. The minimum absolute atomic E-state index is 0.285. The van der Waals surface area contributed by atoms with Gasteiger partial charge in [0.05, 0.1) is 5.69 Å². The lowest BCUT2D eigenvalue weighted by atomic mass is 9.98. The van der Waals surface area contributed by atoms with Crippen molar-refractivity contribution in [2.24, 2.45) is 0 Å². The van der Waals surface area contributed by atoms with Gasteiger partial charge in [-0.05, 0) is 18.9 Å². The van der Waals surface area contributed by atoms with Crippen LogP contribution < -0.4 is 0 Å². The van der Waals surface area contributed by atoms with Gasteiger partial charge in [-0.15, -0.1) is 0 Å². The molecule has 1 N–H and O–H groups in total. The van der Waals surface area contributed by atoms with Gasteiger partial charge in [-0.3, -0.25) is 14.8 Å². The molecular formula is C19H24N4O. The average Bonchev–Trinajstić information content (AvgIpc) is 2.98. The van der Waals surface area contributed by atoms with Gasteiger partial charge in [0.15, 0.2) is 0 Å². The number of nitrogens with one attached hydrogen (secondary N) is 1. The summed E-state index contributed by atoms with van der Waals surface area (Å²) in [5.41, 5.74) is 4.96. The SMILES string of the molecule is Cc1[nH]nc2c1CN([C@@H]1CCC(=O)N(Cc3ccccc3)C1)CC2. The molecule has 2 aliphatic heterocycles. The number of rotatable bonds is 3. The third-order valence-electron chi connectivity index (χ3n) is 5.36. The van der Waals surface area contributed by atoms with Crippen molar-refractivity contribution in [3.8, 4) is 0 Å². The van der Waals surface area contributed by atoms with Gasteiger partial charge in [-0.25, -0.2) is 0 Å². The monoisotopic (exact) mass is 324 g/mol. The van der Waals surface area contributed by atoms with Crippen molar-refractivity contribution in [3.63, 3.8) is 0 Å². The van der Waals surface area contributed by atoms with E-state index < -0.39 is 0 Å². The summed E-state index contributed by atoms with van der Waals surface area (Å²) >= 11 is 0. The number of aromatic nitrogens is 2. The Balaban J connectivity index is 1.45. The van der Waals surface area contributed by atoms with E-state index in [1.54, 1.807) is 0 Å². The van der Waals surface area contributed by atoms with Crippen molar-refractivity contribution >= 4 is 5.91 Å². The number of hydrogen-bond acceptors (Lipinski definition) is 3. The molecule has 0 bridgehead atoms. The molecule has 0 saturated carbocycles. The largest absolute Gasteiger partial charge is 0.337 e. The summed E-state index contributed by atoms with van der Waals surface area (Å²) < 4.78 is 0. The Kier molecular flexibility index (Phi) is 4.10. The van der Waals surface area contributed by atoms with Gasteiger partial charge in [-0.2, -0.15) is 5.10 Å². The van der Waals surface area contributed by atoms with E-state index in [2.05, 4.69) is 34.2 Å². The minimum atomic E-state index is 0.285. The second kappa shape index (κ2) is 6.40. The number of carbonyl (C=O) groups is 1. The van der Waals surface area contributed by atoms with Crippen LogP contribution in [-0.4, -0.2) is 45.0 Å². The second-order valence-electron chi connectivity index (χ2n) is 6.95. The average molecular weight is 324 g/mol. The minimum Gasteiger partial charge on any atom is -0.337 e. The van der Waals surface area contributed by atoms with Crippen LogP contribution in [0, 0.1) is 6.92 Å². The maximum Gasteiger partial charge on any atom is 0.222 e. The molecule has 4 rings (SSSR count). The molecule has 1 atom stereocenters. The third-order valence-corrected chi connectivity index (χ3v) is 5.36. The Morgan fingerprint density at radius 3 is 2.92 bits per heavy atom. The van der Waals surface area contributed by atoms with Gasteiger partial charge in [-0.1, -0.05) is 30.3 Å². The second-order valence-corrected chi connectivity index (χ2v) is 6.95. The van der Waals surface area contributed by atoms with Gasteiger partial charge in [0.2, 0.25) is 5.91 Å². The van der Waals surface area contributed by atoms with E-state index in [1.165, 1.54) is 22.5 Å². The van der Waals surface area contributed by atoms with Gasteiger partial charge in [0.25, 0.3) is 0 Å². The van der Waals surface area contributed by atoms with E-state index in [0.29, 0.717) is 12.5 Å². The number of benzene rings is 1. The van der Waals surface area contributed by atoms with Crippen LogP contribution in [0.15, 0.2) is 30.3 Å². The third kappa shape index (κ3) is 2.96. The summed E-state index contributed by atoms with van der Waals surface area (Å²) in [4.78, 5) is 16.9. The maximum absolute atomic E-state index is 12.3. The van der Waals surface area contributed by atoms with E-state index in [9.17, 15) is 4.79 Å². The van der Waals surface area contributed by atoms with Crippen LogP contribution in [0.2, 0.25) is 0 Å². The fourth-order valence-electron chi connectivity index (χ4n) is 3.91. The number of H-pyrrole nitrogens is 1. The summed E-state index contributed by atoms with van der Waals surface area (Å²) in [6, 6.07) is 10.7. The summed E-state index contributed by atoms with van der Waals surface area (Å²) in [7, 11) is 0. The van der Waals surface area contributed by atoms with Crippen molar-refractivity contribution in [3.05, 3.63) is 52.8 Å². The highest BCUT2D eigenvalue weighted by atomic mass is 16.2. The zero-order valence-electron chi connectivity index (χ0n) is 14.2. The quantitative estimate of drug-likeness (QED) is 0.942. The molecule has 1 aromatic heterocycles. The number of aryl methyl sites for hydroxylation is 1. The molecular weight excluding hydrogens is 300 g/mol. The zero-order valence-corrected chi connectivity index (χ0v) is 14.2. The molecule has 126 valence electrons. The first kappa shape index (κ1) is 15.4. The summed E-state index contributed by atoms with van der Waals surface area (Å²) in [5, 5.41) is 7.51. The Labute approximate surface area is 142 Å². The molecule has 5 heteroatoms. The fourth-order valence-corrected chi connectivity index (χ4v) is 3.91.